The van der Waals surface area contributed by atoms with Crippen LogP contribution in [-0.2, 0) is 6.54 Å². The lowest BCUT2D eigenvalue weighted by atomic mass is 10.0. The molecule has 19 heavy (non-hydrogen) atoms. The lowest BCUT2D eigenvalue weighted by molar-refractivity contribution is 0.824. The Labute approximate surface area is 118 Å². The van der Waals surface area contributed by atoms with Gasteiger partial charge in [0.25, 0.3) is 0 Å². The molecule has 0 aliphatic heterocycles. The van der Waals surface area contributed by atoms with Crippen molar-refractivity contribution >= 4 is 22.5 Å². The summed E-state index contributed by atoms with van der Waals surface area (Å²) in [4.78, 5) is 0. The van der Waals surface area contributed by atoms with E-state index in [4.69, 9.17) is 11.6 Å². The van der Waals surface area contributed by atoms with Crippen molar-refractivity contribution in [1.82, 2.24) is 4.57 Å². The average molecular weight is 270 g/mol. The SMILES string of the molecule is Cc1cccc(C)c1Cn1ccc2c(Cl)cccc21. The smallest absolute Gasteiger partial charge is 0.0499 e. The summed E-state index contributed by atoms with van der Waals surface area (Å²) < 4.78 is 2.26. The second-order valence-corrected chi connectivity index (χ2v) is 5.39. The Kier molecular flexibility index (Phi) is 3.08. The third kappa shape index (κ3) is 2.15. The Hall–Kier alpha value is -1.73. The third-order valence-electron chi connectivity index (χ3n) is 3.73. The number of nitrogens with zero attached hydrogens (tertiary/aromatic N) is 1. The van der Waals surface area contributed by atoms with Gasteiger partial charge in [0.15, 0.2) is 0 Å². The van der Waals surface area contributed by atoms with Crippen molar-refractivity contribution in [3.05, 3.63) is 70.4 Å². The van der Waals surface area contributed by atoms with Crippen LogP contribution < -0.4 is 0 Å². The van der Waals surface area contributed by atoms with Crippen molar-refractivity contribution in [2.24, 2.45) is 0 Å². The Balaban J connectivity index is 2.09. The minimum atomic E-state index is 0.817. The summed E-state index contributed by atoms with van der Waals surface area (Å²) >= 11 is 6.22. The number of hydrogen-bond donors (Lipinski definition) is 0. The second kappa shape index (κ2) is 4.75. The van der Waals surface area contributed by atoms with Gasteiger partial charge in [0, 0.05) is 28.7 Å². The van der Waals surface area contributed by atoms with Crippen molar-refractivity contribution in [3.8, 4) is 0 Å². The van der Waals surface area contributed by atoms with Gasteiger partial charge in [0.1, 0.15) is 0 Å². The zero-order valence-corrected chi connectivity index (χ0v) is 11.9. The summed E-state index contributed by atoms with van der Waals surface area (Å²) in [7, 11) is 0. The minimum absolute atomic E-state index is 0.817. The molecule has 0 fully saturated rings. The number of aryl methyl sites for hydroxylation is 2. The average Bonchev–Trinajstić information content (AvgIpc) is 2.79. The number of hydrogen-bond acceptors (Lipinski definition) is 0. The molecule has 0 aliphatic carbocycles. The summed E-state index contributed by atoms with van der Waals surface area (Å²) in [5.74, 6) is 0. The van der Waals surface area contributed by atoms with E-state index >= 15 is 0 Å². The molecule has 3 rings (SSSR count). The lowest BCUT2D eigenvalue weighted by Crippen LogP contribution is -2.02. The molecule has 3 aromatic rings. The fraction of sp³-hybridized carbons (Fsp3) is 0.176. The molecular formula is C17H16ClN. The van der Waals surface area contributed by atoms with Crippen molar-refractivity contribution in [3.63, 3.8) is 0 Å². The summed E-state index contributed by atoms with van der Waals surface area (Å²) in [6.07, 6.45) is 2.11. The minimum Gasteiger partial charge on any atom is -0.343 e. The molecule has 2 heteroatoms. The lowest BCUT2D eigenvalue weighted by Gasteiger charge is -2.12. The summed E-state index contributed by atoms with van der Waals surface area (Å²) in [5, 5.41) is 1.94. The number of benzene rings is 2. The van der Waals surface area contributed by atoms with Crippen molar-refractivity contribution in [2.75, 3.05) is 0 Å². The van der Waals surface area contributed by atoms with E-state index in [0.717, 1.165) is 17.0 Å². The molecule has 2 aromatic carbocycles. The topological polar surface area (TPSA) is 4.93 Å². The molecule has 0 saturated carbocycles. The van der Waals surface area contributed by atoms with Gasteiger partial charge >= 0.3 is 0 Å². The van der Waals surface area contributed by atoms with Gasteiger partial charge in [-0.3, -0.25) is 0 Å². The van der Waals surface area contributed by atoms with E-state index in [1.165, 1.54) is 22.2 Å². The highest BCUT2D eigenvalue weighted by Crippen LogP contribution is 2.25. The summed E-state index contributed by atoms with van der Waals surface area (Å²) in [5.41, 5.74) is 5.25. The van der Waals surface area contributed by atoms with Crippen LogP contribution in [0.4, 0.5) is 0 Å². The molecule has 0 saturated heterocycles. The molecular weight excluding hydrogens is 254 g/mol. The maximum atomic E-state index is 6.22. The molecule has 0 unspecified atom stereocenters. The van der Waals surface area contributed by atoms with Gasteiger partial charge in [-0.15, -0.1) is 0 Å². The van der Waals surface area contributed by atoms with E-state index in [0.29, 0.717) is 0 Å². The first-order valence-corrected chi connectivity index (χ1v) is 6.83. The Bertz CT molecular complexity index is 720. The quantitative estimate of drug-likeness (QED) is 0.620. The van der Waals surface area contributed by atoms with Crippen LogP contribution in [0.3, 0.4) is 0 Å². The van der Waals surface area contributed by atoms with Gasteiger partial charge in [-0.05, 0) is 48.7 Å². The molecule has 0 aliphatic rings. The largest absolute Gasteiger partial charge is 0.343 e. The van der Waals surface area contributed by atoms with Gasteiger partial charge in [0.05, 0.1) is 0 Å². The molecule has 1 aromatic heterocycles. The van der Waals surface area contributed by atoms with Gasteiger partial charge in [-0.1, -0.05) is 35.9 Å². The van der Waals surface area contributed by atoms with Crippen LogP contribution in [-0.4, -0.2) is 4.57 Å². The molecule has 1 heterocycles. The molecule has 0 bridgehead atoms. The van der Waals surface area contributed by atoms with Gasteiger partial charge in [-0.2, -0.15) is 0 Å². The standard InChI is InChI=1S/C17H16ClN/c1-12-5-3-6-13(2)15(12)11-19-10-9-14-16(18)7-4-8-17(14)19/h3-10H,11H2,1-2H3. The Morgan fingerprint density at radius 3 is 2.37 bits per heavy atom. The second-order valence-electron chi connectivity index (χ2n) is 4.99. The molecule has 0 atom stereocenters. The van der Waals surface area contributed by atoms with Crippen LogP contribution in [0.2, 0.25) is 5.02 Å². The number of rotatable bonds is 2. The van der Waals surface area contributed by atoms with Gasteiger partial charge < -0.3 is 4.57 Å². The molecule has 1 nitrogen and oxygen atoms in total. The molecule has 0 spiro atoms. The van der Waals surface area contributed by atoms with E-state index in [1.807, 2.05) is 12.1 Å². The Morgan fingerprint density at radius 2 is 1.63 bits per heavy atom. The molecule has 96 valence electrons. The van der Waals surface area contributed by atoms with Gasteiger partial charge in [0.2, 0.25) is 0 Å². The fourth-order valence-corrected chi connectivity index (χ4v) is 2.83. The highest BCUT2D eigenvalue weighted by Gasteiger charge is 2.07. The predicted octanol–water partition coefficient (Wildman–Crippen LogP) is 4.96. The highest BCUT2D eigenvalue weighted by molar-refractivity contribution is 6.35. The first-order chi connectivity index (χ1) is 9.16. The number of halogens is 1. The zero-order valence-electron chi connectivity index (χ0n) is 11.2. The zero-order chi connectivity index (χ0) is 13.4. The highest BCUT2D eigenvalue weighted by atomic mass is 35.5. The van der Waals surface area contributed by atoms with Crippen LogP contribution in [0.5, 0.6) is 0 Å². The Morgan fingerprint density at radius 1 is 0.947 bits per heavy atom. The van der Waals surface area contributed by atoms with E-state index in [2.05, 4.69) is 54.9 Å². The van der Waals surface area contributed by atoms with Crippen molar-refractivity contribution in [1.29, 1.82) is 0 Å². The normalized spacial score (nSPS) is 11.1. The van der Waals surface area contributed by atoms with Crippen LogP contribution in [0.1, 0.15) is 16.7 Å². The van der Waals surface area contributed by atoms with E-state index in [9.17, 15) is 0 Å². The monoisotopic (exact) mass is 269 g/mol. The summed E-state index contributed by atoms with van der Waals surface area (Å²) in [6, 6.07) is 14.6. The van der Waals surface area contributed by atoms with E-state index in [1.54, 1.807) is 0 Å². The first-order valence-electron chi connectivity index (χ1n) is 6.45. The van der Waals surface area contributed by atoms with Crippen molar-refractivity contribution < 1.29 is 0 Å². The van der Waals surface area contributed by atoms with E-state index < -0.39 is 0 Å². The molecule has 0 radical (unpaired) electrons. The first kappa shape index (κ1) is 12.3. The van der Waals surface area contributed by atoms with E-state index in [-0.39, 0.29) is 0 Å². The number of fused-ring (bicyclic) bond motifs is 1. The number of aromatic nitrogens is 1. The van der Waals surface area contributed by atoms with Gasteiger partial charge in [-0.25, -0.2) is 0 Å². The van der Waals surface area contributed by atoms with Crippen molar-refractivity contribution in [2.45, 2.75) is 20.4 Å². The third-order valence-corrected chi connectivity index (χ3v) is 4.06. The predicted molar refractivity (Wildman–Crippen MR) is 82.0 cm³/mol. The summed E-state index contributed by atoms with van der Waals surface area (Å²) in [6.45, 7) is 5.23. The maximum Gasteiger partial charge on any atom is 0.0499 e. The van der Waals surface area contributed by atoms with Crippen LogP contribution in [0.25, 0.3) is 10.9 Å². The fourth-order valence-electron chi connectivity index (χ4n) is 2.59. The maximum absolute atomic E-state index is 6.22. The molecule has 0 amide bonds. The molecule has 0 N–H and O–H groups in total. The van der Waals surface area contributed by atoms with Crippen LogP contribution in [0, 0.1) is 13.8 Å². The van der Waals surface area contributed by atoms with Crippen LogP contribution in [0.15, 0.2) is 48.7 Å². The van der Waals surface area contributed by atoms with Crippen LogP contribution >= 0.6 is 11.6 Å².